The van der Waals surface area contributed by atoms with Crippen LogP contribution in [-0.4, -0.2) is 43.5 Å². The number of aryl methyl sites for hydroxylation is 1. The molecule has 0 aromatic heterocycles. The molecule has 2 amide bonds. The molecule has 0 radical (unpaired) electrons. The highest BCUT2D eigenvalue weighted by Crippen LogP contribution is 2.23. The van der Waals surface area contributed by atoms with Crippen LogP contribution in [0.1, 0.15) is 43.7 Å². The van der Waals surface area contributed by atoms with Crippen LogP contribution in [0.2, 0.25) is 0 Å². The monoisotopic (exact) mass is 332 g/mol. The lowest BCUT2D eigenvalue weighted by Gasteiger charge is -2.31. The topological polar surface area (TPSA) is 58.6 Å². The van der Waals surface area contributed by atoms with Gasteiger partial charge < -0.3 is 15.0 Å². The van der Waals surface area contributed by atoms with E-state index in [2.05, 4.69) is 32.2 Å². The van der Waals surface area contributed by atoms with Crippen LogP contribution in [-0.2, 0) is 9.59 Å². The lowest BCUT2D eigenvalue weighted by atomic mass is 9.96. The minimum absolute atomic E-state index is 0.0176. The molecule has 1 saturated heterocycles. The molecule has 0 unspecified atom stereocenters. The van der Waals surface area contributed by atoms with Gasteiger partial charge in [0.15, 0.2) is 6.61 Å². The fourth-order valence-electron chi connectivity index (χ4n) is 3.22. The van der Waals surface area contributed by atoms with Crippen molar-refractivity contribution in [3.8, 4) is 5.75 Å². The number of carbonyl (C=O) groups excluding carboxylic acids is 2. The van der Waals surface area contributed by atoms with Crippen LogP contribution in [0, 0.1) is 12.8 Å². The number of amides is 2. The Kier molecular flexibility index (Phi) is 6.23. The molecule has 1 heterocycles. The van der Waals surface area contributed by atoms with E-state index in [4.69, 9.17) is 4.74 Å². The molecular weight excluding hydrogens is 304 g/mol. The zero-order chi connectivity index (χ0) is 17.7. The highest BCUT2D eigenvalue weighted by molar-refractivity contribution is 5.80. The van der Waals surface area contributed by atoms with Crippen LogP contribution in [0.3, 0.4) is 0 Å². The van der Waals surface area contributed by atoms with Gasteiger partial charge in [-0.3, -0.25) is 9.59 Å². The van der Waals surface area contributed by atoms with Crippen LogP contribution < -0.4 is 10.1 Å². The lowest BCUT2D eigenvalue weighted by molar-refractivity contribution is -0.137. The number of carbonyl (C=O) groups is 2. The van der Waals surface area contributed by atoms with Crippen molar-refractivity contribution in [3.63, 3.8) is 0 Å². The maximum atomic E-state index is 12.3. The molecule has 1 aliphatic heterocycles. The fraction of sp³-hybridized carbons (Fsp3) is 0.579. The molecule has 0 spiro atoms. The van der Waals surface area contributed by atoms with Crippen molar-refractivity contribution < 1.29 is 14.3 Å². The first kappa shape index (κ1) is 18.3. The molecule has 0 atom stereocenters. The van der Waals surface area contributed by atoms with E-state index in [1.54, 1.807) is 11.9 Å². The van der Waals surface area contributed by atoms with Crippen LogP contribution in [0.15, 0.2) is 18.2 Å². The molecule has 24 heavy (non-hydrogen) atoms. The quantitative estimate of drug-likeness (QED) is 0.901. The standard InChI is InChI=1S/C19H28N2O3/c1-13(2)17-6-5-16(11-14(17)3)24-12-18(22)21-9-7-15(8-10-21)19(23)20-4/h5-6,11,13,15H,7-10,12H2,1-4H3,(H,20,23). The number of hydrogen-bond donors (Lipinski definition) is 1. The summed E-state index contributed by atoms with van der Waals surface area (Å²) in [5.74, 6) is 1.27. The summed E-state index contributed by atoms with van der Waals surface area (Å²) in [4.78, 5) is 25.7. The van der Waals surface area contributed by atoms with E-state index in [1.165, 1.54) is 11.1 Å². The Morgan fingerprint density at radius 2 is 1.96 bits per heavy atom. The van der Waals surface area contributed by atoms with Gasteiger partial charge in [0.1, 0.15) is 5.75 Å². The second-order valence-electron chi connectivity index (χ2n) is 6.73. The first-order valence-electron chi connectivity index (χ1n) is 8.65. The van der Waals surface area contributed by atoms with Gasteiger partial charge in [-0.25, -0.2) is 0 Å². The third-order valence-corrected chi connectivity index (χ3v) is 4.69. The molecule has 5 heteroatoms. The van der Waals surface area contributed by atoms with Crippen molar-refractivity contribution in [2.75, 3.05) is 26.7 Å². The average molecular weight is 332 g/mol. The highest BCUT2D eigenvalue weighted by atomic mass is 16.5. The predicted molar refractivity (Wildman–Crippen MR) is 94.1 cm³/mol. The Morgan fingerprint density at radius 3 is 2.50 bits per heavy atom. The largest absolute Gasteiger partial charge is 0.484 e. The summed E-state index contributed by atoms with van der Waals surface area (Å²) in [6, 6.07) is 5.97. The van der Waals surface area contributed by atoms with Crippen LogP contribution >= 0.6 is 0 Å². The molecule has 1 N–H and O–H groups in total. The number of nitrogens with one attached hydrogen (secondary N) is 1. The molecule has 0 bridgehead atoms. The van der Waals surface area contributed by atoms with E-state index < -0.39 is 0 Å². The maximum Gasteiger partial charge on any atom is 0.260 e. The van der Waals surface area contributed by atoms with Gasteiger partial charge in [-0.2, -0.15) is 0 Å². The van der Waals surface area contributed by atoms with Crippen molar-refractivity contribution in [2.24, 2.45) is 5.92 Å². The summed E-state index contributed by atoms with van der Waals surface area (Å²) < 4.78 is 5.66. The van der Waals surface area contributed by atoms with E-state index >= 15 is 0 Å². The van der Waals surface area contributed by atoms with Crippen LogP contribution in [0.25, 0.3) is 0 Å². The normalized spacial score (nSPS) is 15.5. The molecule has 2 rings (SSSR count). The first-order valence-corrected chi connectivity index (χ1v) is 8.65. The minimum atomic E-state index is -0.0176. The van der Waals surface area contributed by atoms with Crippen molar-refractivity contribution >= 4 is 11.8 Å². The summed E-state index contributed by atoms with van der Waals surface area (Å²) in [6.07, 6.45) is 1.43. The van der Waals surface area contributed by atoms with Crippen molar-refractivity contribution in [3.05, 3.63) is 29.3 Å². The second-order valence-corrected chi connectivity index (χ2v) is 6.73. The summed E-state index contributed by atoms with van der Waals surface area (Å²) in [6.45, 7) is 7.67. The molecule has 1 fully saturated rings. The number of rotatable bonds is 5. The van der Waals surface area contributed by atoms with E-state index in [0.29, 0.717) is 31.8 Å². The number of benzene rings is 1. The van der Waals surface area contributed by atoms with Gasteiger partial charge in [0.2, 0.25) is 5.91 Å². The van der Waals surface area contributed by atoms with Gasteiger partial charge in [-0.05, 0) is 48.9 Å². The molecule has 1 aromatic rings. The number of piperidine rings is 1. The van der Waals surface area contributed by atoms with Crippen molar-refractivity contribution in [2.45, 2.75) is 39.5 Å². The van der Waals surface area contributed by atoms with E-state index in [9.17, 15) is 9.59 Å². The minimum Gasteiger partial charge on any atom is -0.484 e. The summed E-state index contributed by atoms with van der Waals surface area (Å²) in [5, 5.41) is 2.68. The predicted octanol–water partition coefficient (Wildman–Crippen LogP) is 2.48. The third-order valence-electron chi connectivity index (χ3n) is 4.69. The summed E-state index contributed by atoms with van der Waals surface area (Å²) in [5.41, 5.74) is 2.48. The Hall–Kier alpha value is -2.04. The first-order chi connectivity index (χ1) is 11.4. The maximum absolute atomic E-state index is 12.3. The van der Waals surface area contributed by atoms with E-state index in [1.807, 2.05) is 12.1 Å². The highest BCUT2D eigenvalue weighted by Gasteiger charge is 2.26. The van der Waals surface area contributed by atoms with Gasteiger partial charge >= 0.3 is 0 Å². The van der Waals surface area contributed by atoms with Gasteiger partial charge in [0.05, 0.1) is 0 Å². The lowest BCUT2D eigenvalue weighted by Crippen LogP contribution is -2.44. The molecule has 132 valence electrons. The van der Waals surface area contributed by atoms with Crippen LogP contribution in [0.5, 0.6) is 5.75 Å². The zero-order valence-electron chi connectivity index (χ0n) is 15.1. The SMILES string of the molecule is CNC(=O)C1CCN(C(=O)COc2ccc(C(C)C)c(C)c2)CC1. The third kappa shape index (κ3) is 4.49. The van der Waals surface area contributed by atoms with Gasteiger partial charge in [0, 0.05) is 26.1 Å². The zero-order valence-corrected chi connectivity index (χ0v) is 15.1. The smallest absolute Gasteiger partial charge is 0.260 e. The Labute approximate surface area is 144 Å². The Morgan fingerprint density at radius 1 is 1.29 bits per heavy atom. The van der Waals surface area contributed by atoms with E-state index in [0.717, 1.165) is 5.75 Å². The van der Waals surface area contributed by atoms with E-state index in [-0.39, 0.29) is 24.3 Å². The van der Waals surface area contributed by atoms with Crippen molar-refractivity contribution in [1.29, 1.82) is 0 Å². The molecule has 1 aromatic carbocycles. The van der Waals surface area contributed by atoms with Crippen molar-refractivity contribution in [1.82, 2.24) is 10.2 Å². The van der Waals surface area contributed by atoms with Gasteiger partial charge in [-0.1, -0.05) is 19.9 Å². The van der Waals surface area contributed by atoms with Crippen LogP contribution in [0.4, 0.5) is 0 Å². The van der Waals surface area contributed by atoms with Gasteiger partial charge in [0.25, 0.3) is 5.91 Å². The number of likely N-dealkylation sites (tertiary alicyclic amines) is 1. The average Bonchev–Trinajstić information content (AvgIpc) is 2.58. The molecular formula is C19H28N2O3. The number of nitrogens with zero attached hydrogens (tertiary/aromatic N) is 1. The Balaban J connectivity index is 1.84. The second kappa shape index (κ2) is 8.18. The summed E-state index contributed by atoms with van der Waals surface area (Å²) in [7, 11) is 1.65. The fourth-order valence-corrected chi connectivity index (χ4v) is 3.22. The molecule has 5 nitrogen and oxygen atoms in total. The molecule has 0 saturated carbocycles. The van der Waals surface area contributed by atoms with Gasteiger partial charge in [-0.15, -0.1) is 0 Å². The molecule has 1 aliphatic rings. The Bertz CT molecular complexity index is 590. The number of ether oxygens (including phenoxy) is 1. The number of hydrogen-bond acceptors (Lipinski definition) is 3. The summed E-state index contributed by atoms with van der Waals surface area (Å²) >= 11 is 0. The molecule has 0 aliphatic carbocycles.